The predicted octanol–water partition coefficient (Wildman–Crippen LogP) is 3.29. The minimum Gasteiger partial charge on any atom is -0.496 e. The van der Waals surface area contributed by atoms with Gasteiger partial charge in [-0.3, -0.25) is 0 Å². The first-order chi connectivity index (χ1) is 6.70. The maximum absolute atomic E-state index is 9.84. The molecule has 1 aromatic rings. The number of aliphatic hydroxyl groups is 1. The molecule has 1 rings (SSSR count). The van der Waals surface area contributed by atoms with Gasteiger partial charge in [0.15, 0.2) is 0 Å². The number of halogens is 1. The summed E-state index contributed by atoms with van der Waals surface area (Å²) in [4.78, 5) is 0. The highest BCUT2D eigenvalue weighted by atomic mass is 79.9. The zero-order valence-electron chi connectivity index (χ0n) is 8.46. The van der Waals surface area contributed by atoms with E-state index in [1.807, 2.05) is 18.2 Å². The molecular formula is C11H15BrO2. The fourth-order valence-corrected chi connectivity index (χ4v) is 2.06. The number of ether oxygens (including phenoxy) is 1. The lowest BCUT2D eigenvalue weighted by Gasteiger charge is -2.13. The summed E-state index contributed by atoms with van der Waals surface area (Å²) in [6.07, 6.45) is 1.32. The largest absolute Gasteiger partial charge is 0.496 e. The van der Waals surface area contributed by atoms with Crippen LogP contribution in [0.15, 0.2) is 22.7 Å². The van der Waals surface area contributed by atoms with Crippen LogP contribution in [0.5, 0.6) is 5.75 Å². The molecule has 2 nitrogen and oxygen atoms in total. The number of methoxy groups -OCH3 is 1. The van der Waals surface area contributed by atoms with E-state index in [1.165, 1.54) is 0 Å². The summed E-state index contributed by atoms with van der Waals surface area (Å²) < 4.78 is 6.01. The lowest BCUT2D eigenvalue weighted by atomic mass is 10.1. The van der Waals surface area contributed by atoms with Gasteiger partial charge < -0.3 is 9.84 Å². The van der Waals surface area contributed by atoms with Crippen LogP contribution in [0.1, 0.15) is 31.4 Å². The third-order valence-electron chi connectivity index (χ3n) is 2.13. The van der Waals surface area contributed by atoms with Crippen molar-refractivity contribution in [1.29, 1.82) is 0 Å². The molecule has 0 unspecified atom stereocenters. The fourth-order valence-electron chi connectivity index (χ4n) is 1.37. The van der Waals surface area contributed by atoms with Crippen LogP contribution in [0.2, 0.25) is 0 Å². The van der Waals surface area contributed by atoms with E-state index in [1.54, 1.807) is 7.11 Å². The second-order valence-corrected chi connectivity index (χ2v) is 3.96. The molecule has 0 fully saturated rings. The minimum atomic E-state index is -0.413. The number of hydrogen-bond acceptors (Lipinski definition) is 2. The number of rotatable bonds is 4. The summed E-state index contributed by atoms with van der Waals surface area (Å²) in [6.45, 7) is 2.05. The van der Waals surface area contributed by atoms with E-state index in [0.29, 0.717) is 0 Å². The van der Waals surface area contributed by atoms with Crippen LogP contribution in [-0.2, 0) is 0 Å². The van der Waals surface area contributed by atoms with E-state index in [0.717, 1.165) is 28.6 Å². The SMILES string of the molecule is CCC[C@@H](O)c1cccc(OC)c1Br. The van der Waals surface area contributed by atoms with Gasteiger partial charge in [-0.1, -0.05) is 25.5 Å². The predicted molar refractivity (Wildman–Crippen MR) is 60.6 cm³/mol. The maximum Gasteiger partial charge on any atom is 0.133 e. The standard InChI is InChI=1S/C11H15BrO2/c1-3-5-9(13)8-6-4-7-10(14-2)11(8)12/h4,6-7,9,13H,3,5H2,1-2H3/t9-/m1/s1. The van der Waals surface area contributed by atoms with Crippen LogP contribution in [0.25, 0.3) is 0 Å². The summed E-state index contributed by atoms with van der Waals surface area (Å²) in [5.74, 6) is 0.762. The molecule has 0 amide bonds. The zero-order valence-corrected chi connectivity index (χ0v) is 10.0. The highest BCUT2D eigenvalue weighted by molar-refractivity contribution is 9.10. The van der Waals surface area contributed by atoms with Crippen molar-refractivity contribution < 1.29 is 9.84 Å². The molecule has 14 heavy (non-hydrogen) atoms. The highest BCUT2D eigenvalue weighted by Gasteiger charge is 2.12. The molecule has 0 aliphatic rings. The number of benzene rings is 1. The van der Waals surface area contributed by atoms with Crippen molar-refractivity contribution in [2.24, 2.45) is 0 Å². The molecule has 0 radical (unpaired) electrons. The Morgan fingerprint density at radius 3 is 2.79 bits per heavy atom. The van der Waals surface area contributed by atoms with Crippen molar-refractivity contribution in [3.63, 3.8) is 0 Å². The fraction of sp³-hybridized carbons (Fsp3) is 0.455. The summed E-state index contributed by atoms with van der Waals surface area (Å²) in [7, 11) is 1.62. The Morgan fingerprint density at radius 2 is 2.21 bits per heavy atom. The Morgan fingerprint density at radius 1 is 1.50 bits per heavy atom. The van der Waals surface area contributed by atoms with Crippen molar-refractivity contribution in [2.45, 2.75) is 25.9 Å². The number of hydrogen-bond donors (Lipinski definition) is 1. The van der Waals surface area contributed by atoms with Gasteiger partial charge in [-0.25, -0.2) is 0 Å². The average molecular weight is 259 g/mol. The zero-order chi connectivity index (χ0) is 10.6. The molecule has 0 heterocycles. The topological polar surface area (TPSA) is 29.5 Å². The lowest BCUT2D eigenvalue weighted by molar-refractivity contribution is 0.165. The van der Waals surface area contributed by atoms with Crippen LogP contribution in [-0.4, -0.2) is 12.2 Å². The van der Waals surface area contributed by atoms with E-state index in [2.05, 4.69) is 22.9 Å². The minimum absolute atomic E-state index is 0.413. The molecular weight excluding hydrogens is 244 g/mol. The van der Waals surface area contributed by atoms with Gasteiger partial charge in [0.25, 0.3) is 0 Å². The van der Waals surface area contributed by atoms with Gasteiger partial charge in [0, 0.05) is 0 Å². The van der Waals surface area contributed by atoms with Crippen molar-refractivity contribution in [3.05, 3.63) is 28.2 Å². The molecule has 0 bridgehead atoms. The lowest BCUT2D eigenvalue weighted by Crippen LogP contribution is -1.99. The van der Waals surface area contributed by atoms with Crippen molar-refractivity contribution in [1.82, 2.24) is 0 Å². The summed E-state index contributed by atoms with van der Waals surface area (Å²) in [5, 5.41) is 9.84. The van der Waals surface area contributed by atoms with Gasteiger partial charge in [-0.05, 0) is 34.0 Å². The van der Waals surface area contributed by atoms with Crippen LogP contribution in [0, 0.1) is 0 Å². The van der Waals surface area contributed by atoms with Crippen LogP contribution in [0.4, 0.5) is 0 Å². The summed E-state index contributed by atoms with van der Waals surface area (Å²) in [5.41, 5.74) is 0.895. The van der Waals surface area contributed by atoms with Crippen LogP contribution in [0.3, 0.4) is 0 Å². The first kappa shape index (κ1) is 11.5. The number of aliphatic hydroxyl groups excluding tert-OH is 1. The van der Waals surface area contributed by atoms with Gasteiger partial charge >= 0.3 is 0 Å². The molecule has 0 aliphatic carbocycles. The van der Waals surface area contributed by atoms with Crippen LogP contribution < -0.4 is 4.74 Å². The van der Waals surface area contributed by atoms with Crippen molar-refractivity contribution in [3.8, 4) is 5.75 Å². The van der Waals surface area contributed by atoms with Gasteiger partial charge in [0.2, 0.25) is 0 Å². The monoisotopic (exact) mass is 258 g/mol. The van der Waals surface area contributed by atoms with Crippen molar-refractivity contribution >= 4 is 15.9 Å². The molecule has 0 aliphatic heterocycles. The second kappa shape index (κ2) is 5.37. The third-order valence-corrected chi connectivity index (χ3v) is 2.98. The normalized spacial score (nSPS) is 12.6. The van der Waals surface area contributed by atoms with Crippen LogP contribution >= 0.6 is 15.9 Å². The summed E-state index contributed by atoms with van der Waals surface area (Å²) >= 11 is 3.43. The van der Waals surface area contributed by atoms with Crippen molar-refractivity contribution in [2.75, 3.05) is 7.11 Å². The Bertz CT molecular complexity index is 299. The summed E-state index contributed by atoms with van der Waals surface area (Å²) in [6, 6.07) is 5.66. The van der Waals surface area contributed by atoms with E-state index in [-0.39, 0.29) is 0 Å². The molecule has 0 aromatic heterocycles. The maximum atomic E-state index is 9.84. The Kier molecular flexibility index (Phi) is 4.42. The van der Waals surface area contributed by atoms with Gasteiger partial charge in [-0.15, -0.1) is 0 Å². The van der Waals surface area contributed by atoms with E-state index in [9.17, 15) is 5.11 Å². The van der Waals surface area contributed by atoms with E-state index >= 15 is 0 Å². The Labute approximate surface area is 93.0 Å². The second-order valence-electron chi connectivity index (χ2n) is 3.17. The smallest absolute Gasteiger partial charge is 0.133 e. The van der Waals surface area contributed by atoms with Gasteiger partial charge in [-0.2, -0.15) is 0 Å². The molecule has 0 saturated heterocycles. The van der Waals surface area contributed by atoms with E-state index in [4.69, 9.17) is 4.74 Å². The van der Waals surface area contributed by atoms with Gasteiger partial charge in [0.1, 0.15) is 5.75 Å². The molecule has 0 spiro atoms. The Hall–Kier alpha value is -0.540. The molecule has 78 valence electrons. The quantitative estimate of drug-likeness (QED) is 0.899. The molecule has 3 heteroatoms. The molecule has 1 N–H and O–H groups in total. The first-order valence-corrected chi connectivity index (χ1v) is 5.50. The van der Waals surface area contributed by atoms with Gasteiger partial charge in [0.05, 0.1) is 17.7 Å². The third kappa shape index (κ3) is 2.49. The molecule has 1 atom stereocenters. The highest BCUT2D eigenvalue weighted by Crippen LogP contribution is 2.33. The molecule has 0 saturated carbocycles. The molecule has 1 aromatic carbocycles. The Balaban J connectivity index is 2.96. The van der Waals surface area contributed by atoms with E-state index < -0.39 is 6.10 Å². The average Bonchev–Trinajstić information content (AvgIpc) is 2.18. The first-order valence-electron chi connectivity index (χ1n) is 4.71.